The number of amides is 4. The van der Waals surface area contributed by atoms with Gasteiger partial charge in [0.25, 0.3) is 0 Å². The number of benzene rings is 1. The highest BCUT2D eigenvalue weighted by atomic mass is 16.4. The van der Waals surface area contributed by atoms with Crippen LogP contribution in [0.4, 0.5) is 0 Å². The monoisotopic (exact) mass is 495 g/mol. The SMILES string of the molecule is CC(NC(=O)C(Cc1ccc(O)cc1)NC(=O)C(CC(=O)O)NC(=O)C(N)CCC(N)=O)C(=O)O. The molecule has 10 N–H and O–H groups in total. The van der Waals surface area contributed by atoms with Gasteiger partial charge in [-0.25, -0.2) is 0 Å². The van der Waals surface area contributed by atoms with Crippen LogP contribution in [0.1, 0.15) is 31.7 Å². The smallest absolute Gasteiger partial charge is 0.325 e. The number of nitrogens with one attached hydrogen (secondary N) is 3. The lowest BCUT2D eigenvalue weighted by Gasteiger charge is -2.24. The molecule has 0 radical (unpaired) electrons. The van der Waals surface area contributed by atoms with E-state index in [9.17, 15) is 33.9 Å². The molecule has 4 unspecified atom stereocenters. The number of aromatic hydroxyl groups is 1. The fourth-order valence-electron chi connectivity index (χ4n) is 2.82. The molecular weight excluding hydrogens is 466 g/mol. The Morgan fingerprint density at radius 1 is 0.886 bits per heavy atom. The van der Waals surface area contributed by atoms with Gasteiger partial charge in [0.05, 0.1) is 12.5 Å². The van der Waals surface area contributed by atoms with E-state index < -0.39 is 66.2 Å². The van der Waals surface area contributed by atoms with E-state index in [4.69, 9.17) is 21.7 Å². The van der Waals surface area contributed by atoms with E-state index >= 15 is 0 Å². The summed E-state index contributed by atoms with van der Waals surface area (Å²) in [7, 11) is 0. The normalized spacial score (nSPS) is 14.0. The molecule has 0 spiro atoms. The van der Waals surface area contributed by atoms with Crippen molar-refractivity contribution in [1.82, 2.24) is 16.0 Å². The number of carboxylic acids is 2. The third-order valence-electron chi connectivity index (χ3n) is 4.79. The van der Waals surface area contributed by atoms with Crippen LogP contribution < -0.4 is 27.4 Å². The van der Waals surface area contributed by atoms with Crippen molar-refractivity contribution < 1.29 is 44.1 Å². The van der Waals surface area contributed by atoms with Crippen LogP contribution >= 0.6 is 0 Å². The molecule has 192 valence electrons. The minimum atomic E-state index is -1.63. The lowest BCUT2D eigenvalue weighted by molar-refractivity contribution is -0.143. The Bertz CT molecular complexity index is 951. The maximum absolute atomic E-state index is 12.8. The van der Waals surface area contributed by atoms with Crippen molar-refractivity contribution in [1.29, 1.82) is 0 Å². The van der Waals surface area contributed by atoms with E-state index in [0.717, 1.165) is 0 Å². The molecule has 1 rings (SSSR count). The van der Waals surface area contributed by atoms with Crippen molar-refractivity contribution in [3.8, 4) is 5.75 Å². The standard InChI is InChI=1S/C21H29N5O9/c1-10(21(34)35)24-19(32)14(8-11-2-4-12(27)5-3-11)26-20(33)15(9-17(29)30)25-18(31)13(22)6-7-16(23)28/h2-5,10,13-15,27H,6-9,22H2,1H3,(H2,23,28)(H,24,32)(H,25,31)(H,26,33)(H,29,30)(H,34,35). The number of carboxylic acid groups (broad SMARTS) is 2. The molecule has 0 aromatic heterocycles. The zero-order valence-electron chi connectivity index (χ0n) is 18.9. The number of nitrogens with two attached hydrogens (primary N) is 2. The topological polar surface area (TPSA) is 251 Å². The number of carbonyl (C=O) groups is 6. The lowest BCUT2D eigenvalue weighted by Crippen LogP contribution is -2.57. The average molecular weight is 495 g/mol. The predicted molar refractivity (Wildman–Crippen MR) is 120 cm³/mol. The molecule has 4 atom stereocenters. The molecule has 1 aromatic rings. The Kier molecular flexibility index (Phi) is 11.1. The van der Waals surface area contributed by atoms with Gasteiger partial charge in [-0.2, -0.15) is 0 Å². The maximum Gasteiger partial charge on any atom is 0.325 e. The molecule has 0 aliphatic rings. The van der Waals surface area contributed by atoms with Gasteiger partial charge in [-0.05, 0) is 31.0 Å². The van der Waals surface area contributed by atoms with Gasteiger partial charge in [0, 0.05) is 12.8 Å². The lowest BCUT2D eigenvalue weighted by atomic mass is 10.0. The van der Waals surface area contributed by atoms with Crippen LogP contribution in [-0.2, 0) is 35.2 Å². The van der Waals surface area contributed by atoms with Gasteiger partial charge in [0.15, 0.2) is 0 Å². The van der Waals surface area contributed by atoms with E-state index in [1.54, 1.807) is 0 Å². The molecule has 4 amide bonds. The molecule has 0 bridgehead atoms. The van der Waals surface area contributed by atoms with Crippen molar-refractivity contribution in [3.63, 3.8) is 0 Å². The van der Waals surface area contributed by atoms with Crippen molar-refractivity contribution in [3.05, 3.63) is 29.8 Å². The Hall–Kier alpha value is -4.20. The van der Waals surface area contributed by atoms with E-state index in [1.165, 1.54) is 31.2 Å². The second-order valence-corrected chi connectivity index (χ2v) is 7.77. The van der Waals surface area contributed by atoms with Gasteiger partial charge in [0.1, 0.15) is 23.9 Å². The minimum absolute atomic E-state index is 0.0461. The zero-order chi connectivity index (χ0) is 26.7. The van der Waals surface area contributed by atoms with Gasteiger partial charge < -0.3 is 42.7 Å². The first-order chi connectivity index (χ1) is 16.3. The molecule has 0 heterocycles. The summed E-state index contributed by atoms with van der Waals surface area (Å²) >= 11 is 0. The molecule has 1 aromatic carbocycles. The van der Waals surface area contributed by atoms with Gasteiger partial charge in [0.2, 0.25) is 23.6 Å². The van der Waals surface area contributed by atoms with E-state index in [0.29, 0.717) is 5.56 Å². The Balaban J connectivity index is 3.06. The van der Waals surface area contributed by atoms with Gasteiger partial charge in [-0.3, -0.25) is 28.8 Å². The largest absolute Gasteiger partial charge is 0.508 e. The van der Waals surface area contributed by atoms with Crippen molar-refractivity contribution >= 4 is 35.6 Å². The third-order valence-corrected chi connectivity index (χ3v) is 4.79. The summed E-state index contributed by atoms with van der Waals surface area (Å²) in [5, 5.41) is 34.4. The van der Waals surface area contributed by atoms with Gasteiger partial charge in [-0.1, -0.05) is 12.1 Å². The maximum atomic E-state index is 12.8. The second-order valence-electron chi connectivity index (χ2n) is 7.77. The summed E-state index contributed by atoms with van der Waals surface area (Å²) in [5.41, 5.74) is 11.1. The first-order valence-corrected chi connectivity index (χ1v) is 10.5. The van der Waals surface area contributed by atoms with Gasteiger partial charge >= 0.3 is 11.9 Å². The summed E-state index contributed by atoms with van der Waals surface area (Å²) in [4.78, 5) is 71.0. The number of primary amides is 1. The van der Waals surface area contributed by atoms with Crippen molar-refractivity contribution in [2.45, 2.75) is 56.8 Å². The fourth-order valence-corrected chi connectivity index (χ4v) is 2.82. The predicted octanol–water partition coefficient (Wildman–Crippen LogP) is -2.44. The number of rotatable bonds is 14. The number of hydrogen-bond acceptors (Lipinski definition) is 8. The molecule has 0 fully saturated rings. The van der Waals surface area contributed by atoms with E-state index in [1.807, 2.05) is 0 Å². The number of phenols is 1. The molecule has 35 heavy (non-hydrogen) atoms. The van der Waals surface area contributed by atoms with Crippen molar-refractivity contribution in [2.75, 3.05) is 0 Å². The fraction of sp³-hybridized carbons (Fsp3) is 0.429. The number of aliphatic carboxylic acids is 2. The van der Waals surface area contributed by atoms with Gasteiger partial charge in [-0.15, -0.1) is 0 Å². The highest BCUT2D eigenvalue weighted by molar-refractivity contribution is 5.95. The minimum Gasteiger partial charge on any atom is -0.508 e. The zero-order valence-corrected chi connectivity index (χ0v) is 18.9. The van der Waals surface area contributed by atoms with Crippen LogP contribution in [0.5, 0.6) is 5.75 Å². The quantitative estimate of drug-likeness (QED) is 0.135. The van der Waals surface area contributed by atoms with Crippen LogP contribution in [0.25, 0.3) is 0 Å². The third kappa shape index (κ3) is 10.5. The molecule has 0 saturated carbocycles. The first kappa shape index (κ1) is 28.8. The summed E-state index contributed by atoms with van der Waals surface area (Å²) in [5.74, 6) is -6.33. The average Bonchev–Trinajstić information content (AvgIpc) is 2.77. The second kappa shape index (κ2) is 13.5. The Labute approximate surface area is 200 Å². The molecule has 14 heteroatoms. The number of phenolic OH excluding ortho intramolecular Hbond substituents is 1. The van der Waals surface area contributed by atoms with Crippen LogP contribution in [-0.4, -0.2) is 75.1 Å². The van der Waals surface area contributed by atoms with Crippen molar-refractivity contribution in [2.24, 2.45) is 11.5 Å². The summed E-state index contributed by atoms with van der Waals surface area (Å²) in [6.45, 7) is 1.21. The number of carbonyl (C=O) groups excluding carboxylic acids is 4. The Morgan fingerprint density at radius 3 is 1.94 bits per heavy atom. The van der Waals surface area contributed by atoms with Crippen LogP contribution in [0.3, 0.4) is 0 Å². The Morgan fingerprint density at radius 2 is 1.43 bits per heavy atom. The van der Waals surface area contributed by atoms with Crippen LogP contribution in [0.15, 0.2) is 24.3 Å². The molecule has 14 nitrogen and oxygen atoms in total. The summed E-state index contributed by atoms with van der Waals surface area (Å²) in [6.07, 6.45) is -1.34. The van der Waals surface area contributed by atoms with Crippen LogP contribution in [0.2, 0.25) is 0 Å². The highest BCUT2D eigenvalue weighted by Crippen LogP contribution is 2.12. The summed E-state index contributed by atoms with van der Waals surface area (Å²) < 4.78 is 0. The van der Waals surface area contributed by atoms with Crippen LogP contribution in [0, 0.1) is 0 Å². The van der Waals surface area contributed by atoms with E-state index in [-0.39, 0.29) is 25.0 Å². The molecule has 0 aliphatic heterocycles. The highest BCUT2D eigenvalue weighted by Gasteiger charge is 2.31. The molecule has 0 aliphatic carbocycles. The summed E-state index contributed by atoms with van der Waals surface area (Å²) in [6, 6.07) is 0.0866. The van der Waals surface area contributed by atoms with E-state index in [2.05, 4.69) is 16.0 Å². The number of hydrogen-bond donors (Lipinski definition) is 8. The molecular formula is C21H29N5O9. The molecule has 0 saturated heterocycles. The first-order valence-electron chi connectivity index (χ1n) is 10.5.